The molecule has 0 saturated heterocycles. The average Bonchev–Trinajstić information content (AvgIpc) is 2.38. The number of nitrogens with zero attached hydrogens (tertiary/aromatic N) is 1. The van der Waals surface area contributed by atoms with Gasteiger partial charge in [0.1, 0.15) is 17.1 Å². The van der Waals surface area contributed by atoms with Crippen LogP contribution in [-0.2, 0) is 0 Å². The van der Waals surface area contributed by atoms with E-state index in [1.54, 1.807) is 0 Å². The predicted octanol–water partition coefficient (Wildman–Crippen LogP) is 2.69. The number of hydrogen-bond acceptors (Lipinski definition) is 4. The number of carbonyl (C=O) groups is 1. The van der Waals surface area contributed by atoms with E-state index in [1.165, 1.54) is 24.3 Å². The van der Waals surface area contributed by atoms with Crippen LogP contribution in [-0.4, -0.2) is 15.9 Å². The molecular weight excluding hydrogens is 267 g/mol. The number of phenols is 1. The Kier molecular flexibility index (Phi) is 3.60. The van der Waals surface area contributed by atoms with Crippen LogP contribution >= 0.6 is 0 Å². The van der Waals surface area contributed by atoms with Gasteiger partial charge < -0.3 is 10.4 Å². The zero-order valence-electron chi connectivity index (χ0n) is 10.0. The standard InChI is InChI=1S/C13H9FN2O4/c14-8-4-5-11(12(6-8)16(19)20)13(18)15-9-2-1-3-10(17)7-9/h1-7,17H,(H,15,18). The van der Waals surface area contributed by atoms with Gasteiger partial charge in [-0.1, -0.05) is 6.07 Å². The monoisotopic (exact) mass is 276 g/mol. The number of phenolic OH excluding ortho intramolecular Hbond substituents is 1. The van der Waals surface area contributed by atoms with E-state index in [-0.39, 0.29) is 17.0 Å². The summed E-state index contributed by atoms with van der Waals surface area (Å²) in [5.41, 5.74) is -0.615. The number of amides is 1. The third kappa shape index (κ3) is 2.89. The van der Waals surface area contributed by atoms with Gasteiger partial charge in [0.15, 0.2) is 0 Å². The molecule has 7 heteroatoms. The van der Waals surface area contributed by atoms with Gasteiger partial charge in [-0.05, 0) is 24.3 Å². The molecule has 0 saturated carbocycles. The van der Waals surface area contributed by atoms with Crippen LogP contribution in [0.1, 0.15) is 10.4 Å². The molecule has 0 atom stereocenters. The first-order chi connectivity index (χ1) is 9.47. The van der Waals surface area contributed by atoms with Crippen LogP contribution in [0.4, 0.5) is 15.8 Å². The average molecular weight is 276 g/mol. The highest BCUT2D eigenvalue weighted by atomic mass is 19.1. The van der Waals surface area contributed by atoms with Crippen molar-refractivity contribution >= 4 is 17.3 Å². The Bertz CT molecular complexity index is 688. The fourth-order valence-corrected chi connectivity index (χ4v) is 1.63. The van der Waals surface area contributed by atoms with Crippen molar-refractivity contribution in [1.29, 1.82) is 0 Å². The number of aromatic hydroxyl groups is 1. The van der Waals surface area contributed by atoms with Gasteiger partial charge >= 0.3 is 0 Å². The van der Waals surface area contributed by atoms with Crippen molar-refractivity contribution in [2.75, 3.05) is 5.32 Å². The molecule has 102 valence electrons. The van der Waals surface area contributed by atoms with E-state index in [2.05, 4.69) is 5.32 Å². The van der Waals surface area contributed by atoms with Gasteiger partial charge in [0, 0.05) is 11.8 Å². The molecule has 2 N–H and O–H groups in total. The minimum atomic E-state index is -0.833. The van der Waals surface area contributed by atoms with Crippen LogP contribution in [0.5, 0.6) is 5.75 Å². The fourth-order valence-electron chi connectivity index (χ4n) is 1.63. The van der Waals surface area contributed by atoms with Crippen LogP contribution < -0.4 is 5.32 Å². The highest BCUT2D eigenvalue weighted by Gasteiger charge is 2.21. The number of benzene rings is 2. The topological polar surface area (TPSA) is 92.5 Å². The second-order valence-electron chi connectivity index (χ2n) is 3.92. The van der Waals surface area contributed by atoms with Crippen LogP contribution in [0.3, 0.4) is 0 Å². The Hall–Kier alpha value is -2.96. The van der Waals surface area contributed by atoms with Crippen molar-refractivity contribution in [3.05, 3.63) is 64.0 Å². The third-order valence-corrected chi connectivity index (χ3v) is 2.51. The number of nitro groups is 1. The highest BCUT2D eigenvalue weighted by molar-refractivity contribution is 6.07. The predicted molar refractivity (Wildman–Crippen MR) is 69.1 cm³/mol. The number of nitro benzene ring substituents is 1. The number of anilines is 1. The van der Waals surface area contributed by atoms with E-state index in [4.69, 9.17) is 0 Å². The van der Waals surface area contributed by atoms with Crippen molar-refractivity contribution in [3.63, 3.8) is 0 Å². The first-order valence-electron chi connectivity index (χ1n) is 5.51. The van der Waals surface area contributed by atoms with E-state index in [0.717, 1.165) is 12.1 Å². The Labute approximate surface area is 112 Å². The van der Waals surface area contributed by atoms with Crippen molar-refractivity contribution in [2.45, 2.75) is 0 Å². The van der Waals surface area contributed by atoms with Gasteiger partial charge in [-0.25, -0.2) is 4.39 Å². The third-order valence-electron chi connectivity index (χ3n) is 2.51. The van der Waals surface area contributed by atoms with Crippen molar-refractivity contribution < 1.29 is 19.2 Å². The molecule has 2 aromatic rings. The SMILES string of the molecule is O=C(Nc1cccc(O)c1)c1ccc(F)cc1[N+](=O)[O-]. The molecule has 0 fully saturated rings. The Balaban J connectivity index is 2.32. The molecule has 0 heterocycles. The lowest BCUT2D eigenvalue weighted by molar-refractivity contribution is -0.385. The quantitative estimate of drug-likeness (QED) is 0.665. The molecule has 20 heavy (non-hydrogen) atoms. The minimum absolute atomic E-state index is 0.0589. The lowest BCUT2D eigenvalue weighted by Gasteiger charge is -2.06. The van der Waals surface area contributed by atoms with E-state index in [1.807, 2.05) is 0 Å². The molecular formula is C13H9FN2O4. The van der Waals surface area contributed by atoms with Gasteiger partial charge in [-0.2, -0.15) is 0 Å². The first kappa shape index (κ1) is 13.5. The summed E-state index contributed by atoms with van der Waals surface area (Å²) in [6.07, 6.45) is 0. The van der Waals surface area contributed by atoms with E-state index >= 15 is 0 Å². The first-order valence-corrected chi connectivity index (χ1v) is 5.51. The molecule has 2 aromatic carbocycles. The number of hydrogen-bond donors (Lipinski definition) is 2. The van der Waals surface area contributed by atoms with Crippen LogP contribution in [0.25, 0.3) is 0 Å². The van der Waals surface area contributed by atoms with E-state index < -0.39 is 22.3 Å². The summed E-state index contributed by atoms with van der Waals surface area (Å²) in [4.78, 5) is 21.9. The van der Waals surface area contributed by atoms with Crippen molar-refractivity contribution in [3.8, 4) is 5.75 Å². The second kappa shape index (κ2) is 5.35. The number of rotatable bonds is 3. The smallest absolute Gasteiger partial charge is 0.285 e. The van der Waals surface area contributed by atoms with Gasteiger partial charge in [0.2, 0.25) is 0 Å². The lowest BCUT2D eigenvalue weighted by atomic mass is 10.1. The normalized spacial score (nSPS) is 10.1. The Morgan fingerprint density at radius 3 is 2.65 bits per heavy atom. The molecule has 0 spiro atoms. The van der Waals surface area contributed by atoms with Gasteiger partial charge in [0.05, 0.1) is 11.0 Å². The van der Waals surface area contributed by atoms with Crippen LogP contribution in [0, 0.1) is 15.9 Å². The summed E-state index contributed by atoms with van der Waals surface area (Å²) in [6, 6.07) is 8.38. The summed E-state index contributed by atoms with van der Waals surface area (Å²) < 4.78 is 13.0. The minimum Gasteiger partial charge on any atom is -0.508 e. The summed E-state index contributed by atoms with van der Waals surface area (Å²) in [5, 5.41) is 22.5. The van der Waals surface area contributed by atoms with E-state index in [0.29, 0.717) is 6.07 Å². The fraction of sp³-hybridized carbons (Fsp3) is 0. The number of nitrogens with one attached hydrogen (secondary N) is 1. The molecule has 0 aromatic heterocycles. The summed E-state index contributed by atoms with van der Waals surface area (Å²) in [5.74, 6) is -1.62. The molecule has 2 rings (SSSR count). The van der Waals surface area contributed by atoms with Crippen molar-refractivity contribution in [1.82, 2.24) is 0 Å². The number of halogens is 1. The molecule has 0 radical (unpaired) electrons. The summed E-state index contributed by atoms with van der Waals surface area (Å²) >= 11 is 0. The molecule has 0 aliphatic carbocycles. The molecule has 0 aliphatic rings. The van der Waals surface area contributed by atoms with Gasteiger partial charge in [-0.3, -0.25) is 14.9 Å². The van der Waals surface area contributed by atoms with Crippen LogP contribution in [0.2, 0.25) is 0 Å². The Morgan fingerprint density at radius 1 is 1.25 bits per heavy atom. The van der Waals surface area contributed by atoms with Gasteiger partial charge in [-0.15, -0.1) is 0 Å². The second-order valence-corrected chi connectivity index (χ2v) is 3.92. The lowest BCUT2D eigenvalue weighted by Crippen LogP contribution is -2.14. The van der Waals surface area contributed by atoms with E-state index in [9.17, 15) is 24.4 Å². The zero-order valence-corrected chi connectivity index (χ0v) is 10.0. The maximum atomic E-state index is 13.0. The number of carbonyl (C=O) groups excluding carboxylic acids is 1. The maximum absolute atomic E-state index is 13.0. The molecule has 0 aliphatic heterocycles. The summed E-state index contributed by atoms with van der Waals surface area (Å²) in [7, 11) is 0. The zero-order chi connectivity index (χ0) is 14.7. The molecule has 0 unspecified atom stereocenters. The molecule has 6 nitrogen and oxygen atoms in total. The van der Waals surface area contributed by atoms with Crippen LogP contribution in [0.15, 0.2) is 42.5 Å². The highest BCUT2D eigenvalue weighted by Crippen LogP contribution is 2.22. The summed E-state index contributed by atoms with van der Waals surface area (Å²) in [6.45, 7) is 0. The molecule has 0 bridgehead atoms. The largest absolute Gasteiger partial charge is 0.508 e. The maximum Gasteiger partial charge on any atom is 0.285 e. The van der Waals surface area contributed by atoms with Crippen molar-refractivity contribution in [2.24, 2.45) is 0 Å². The van der Waals surface area contributed by atoms with Gasteiger partial charge in [0.25, 0.3) is 11.6 Å². The Morgan fingerprint density at radius 2 is 2.00 bits per heavy atom. The molecule has 1 amide bonds.